The Morgan fingerprint density at radius 1 is 1.35 bits per heavy atom. The third-order valence-corrected chi connectivity index (χ3v) is 3.01. The van der Waals surface area contributed by atoms with Gasteiger partial charge in [0.15, 0.2) is 18.1 Å². The zero-order chi connectivity index (χ0) is 15.1. The molecule has 0 amide bonds. The fraction of sp³-hybridized carbons (Fsp3) is 0.429. The third kappa shape index (κ3) is 4.85. The number of hydrogen-bond acceptors (Lipinski definition) is 5. The number of unbranched alkanes of at least 4 members (excludes halogenated alkanes) is 1. The van der Waals surface area contributed by atoms with E-state index in [2.05, 4.69) is 15.9 Å². The summed E-state index contributed by atoms with van der Waals surface area (Å²) in [7, 11) is 0. The molecule has 5 nitrogen and oxygen atoms in total. The minimum atomic E-state index is -0.477. The molecule has 20 heavy (non-hydrogen) atoms. The van der Waals surface area contributed by atoms with Gasteiger partial charge < -0.3 is 15.2 Å². The molecule has 1 rings (SSSR count). The average molecular weight is 344 g/mol. The lowest BCUT2D eigenvalue weighted by Gasteiger charge is -2.12. The smallest absolute Gasteiger partial charge is 0.344 e. The minimum absolute atomic E-state index is 0.188. The Hall–Kier alpha value is -1.56. The third-order valence-electron chi connectivity index (χ3n) is 2.56. The summed E-state index contributed by atoms with van der Waals surface area (Å²) >= 11 is 3.26. The van der Waals surface area contributed by atoms with Crippen molar-refractivity contribution in [3.8, 4) is 5.75 Å². The van der Waals surface area contributed by atoms with Crippen molar-refractivity contribution in [1.82, 2.24) is 0 Å². The van der Waals surface area contributed by atoms with Crippen molar-refractivity contribution in [2.75, 3.05) is 18.9 Å². The van der Waals surface area contributed by atoms with E-state index in [-0.39, 0.29) is 18.1 Å². The molecule has 0 heterocycles. The molecule has 0 saturated heterocycles. The molecule has 0 aliphatic rings. The Morgan fingerprint density at radius 2 is 2.05 bits per heavy atom. The number of ether oxygens (including phenoxy) is 2. The molecule has 1 aromatic rings. The van der Waals surface area contributed by atoms with Gasteiger partial charge in [-0.1, -0.05) is 29.3 Å². The average Bonchev–Trinajstić information content (AvgIpc) is 2.37. The van der Waals surface area contributed by atoms with Gasteiger partial charge >= 0.3 is 5.97 Å². The summed E-state index contributed by atoms with van der Waals surface area (Å²) in [6, 6.07) is 3.22. The molecule has 0 bridgehead atoms. The van der Waals surface area contributed by atoms with E-state index in [1.165, 1.54) is 6.92 Å². The summed E-state index contributed by atoms with van der Waals surface area (Å²) < 4.78 is 11.0. The zero-order valence-electron chi connectivity index (χ0n) is 11.6. The lowest BCUT2D eigenvalue weighted by molar-refractivity contribution is -0.146. The van der Waals surface area contributed by atoms with E-state index in [0.717, 1.165) is 12.8 Å². The van der Waals surface area contributed by atoms with Gasteiger partial charge in [-0.25, -0.2) is 4.79 Å². The highest BCUT2D eigenvalue weighted by atomic mass is 79.9. The number of ketones is 1. The second kappa shape index (κ2) is 7.89. The first-order valence-electron chi connectivity index (χ1n) is 6.34. The Labute approximate surface area is 126 Å². The fourth-order valence-electron chi connectivity index (χ4n) is 1.54. The Balaban J connectivity index is 2.72. The van der Waals surface area contributed by atoms with E-state index in [1.807, 2.05) is 6.92 Å². The lowest BCUT2D eigenvalue weighted by atomic mass is 10.1. The second-order valence-corrected chi connectivity index (χ2v) is 5.21. The van der Waals surface area contributed by atoms with Crippen LogP contribution in [0, 0.1) is 0 Å². The van der Waals surface area contributed by atoms with Gasteiger partial charge in [0.2, 0.25) is 0 Å². The van der Waals surface area contributed by atoms with E-state index in [1.54, 1.807) is 12.1 Å². The molecular weight excluding hydrogens is 326 g/mol. The number of halogens is 1. The molecule has 6 heteroatoms. The zero-order valence-corrected chi connectivity index (χ0v) is 13.2. The predicted molar refractivity (Wildman–Crippen MR) is 79.9 cm³/mol. The van der Waals surface area contributed by atoms with E-state index >= 15 is 0 Å². The van der Waals surface area contributed by atoms with Crippen LogP contribution < -0.4 is 10.5 Å². The number of nitrogens with two attached hydrogens (primary N) is 1. The number of nitrogen functional groups attached to an aromatic ring is 1. The molecule has 0 aliphatic carbocycles. The van der Waals surface area contributed by atoms with Crippen LogP contribution in [0.5, 0.6) is 5.75 Å². The quantitative estimate of drug-likeness (QED) is 0.356. The van der Waals surface area contributed by atoms with Crippen molar-refractivity contribution in [3.05, 3.63) is 22.2 Å². The van der Waals surface area contributed by atoms with Crippen molar-refractivity contribution in [2.45, 2.75) is 26.7 Å². The molecule has 0 aromatic heterocycles. The van der Waals surface area contributed by atoms with Crippen LogP contribution in [-0.4, -0.2) is 25.0 Å². The predicted octanol–water partition coefficient (Wildman–Crippen LogP) is 2.96. The lowest BCUT2D eigenvalue weighted by Crippen LogP contribution is -2.17. The summed E-state index contributed by atoms with van der Waals surface area (Å²) in [5, 5.41) is 0. The minimum Gasteiger partial charge on any atom is -0.479 e. The van der Waals surface area contributed by atoms with Gasteiger partial charge in [-0.3, -0.25) is 4.79 Å². The fourth-order valence-corrected chi connectivity index (χ4v) is 2.02. The number of esters is 1. The molecule has 0 saturated carbocycles. The molecule has 0 fully saturated rings. The molecular formula is C14H18BrNO4. The molecule has 0 aliphatic heterocycles. The maximum Gasteiger partial charge on any atom is 0.344 e. The summed E-state index contributed by atoms with van der Waals surface area (Å²) in [6.45, 7) is 3.52. The van der Waals surface area contributed by atoms with Crippen LogP contribution in [0.1, 0.15) is 37.0 Å². The van der Waals surface area contributed by atoms with Gasteiger partial charge in [0.25, 0.3) is 0 Å². The van der Waals surface area contributed by atoms with E-state index in [0.29, 0.717) is 22.3 Å². The summed E-state index contributed by atoms with van der Waals surface area (Å²) in [5.74, 6) is -0.448. The summed E-state index contributed by atoms with van der Waals surface area (Å²) in [6.07, 6.45) is 1.76. The van der Waals surface area contributed by atoms with Crippen LogP contribution in [0.25, 0.3) is 0 Å². The van der Waals surface area contributed by atoms with Gasteiger partial charge in [0.1, 0.15) is 0 Å². The molecule has 0 spiro atoms. The standard InChI is InChI=1S/C14H18BrNO4/c1-3-4-5-19-13(18)8-20-14-11(9(2)17)6-10(15)7-12(14)16/h6-7H,3-5,8,16H2,1-2H3. The normalized spacial score (nSPS) is 10.2. The SMILES string of the molecule is CCCCOC(=O)COc1c(N)cc(Br)cc1C(C)=O. The van der Waals surface area contributed by atoms with Crippen molar-refractivity contribution < 1.29 is 19.1 Å². The molecule has 0 radical (unpaired) electrons. The van der Waals surface area contributed by atoms with Crippen molar-refractivity contribution in [2.24, 2.45) is 0 Å². The van der Waals surface area contributed by atoms with Gasteiger partial charge in [0.05, 0.1) is 17.9 Å². The number of anilines is 1. The summed E-state index contributed by atoms with van der Waals surface area (Å²) in [5.41, 5.74) is 6.44. The summed E-state index contributed by atoms with van der Waals surface area (Å²) in [4.78, 5) is 23.0. The highest BCUT2D eigenvalue weighted by molar-refractivity contribution is 9.10. The van der Waals surface area contributed by atoms with Crippen LogP contribution in [0.15, 0.2) is 16.6 Å². The largest absolute Gasteiger partial charge is 0.479 e. The highest BCUT2D eigenvalue weighted by Gasteiger charge is 2.15. The number of carbonyl (C=O) groups excluding carboxylic acids is 2. The van der Waals surface area contributed by atoms with Crippen LogP contribution >= 0.6 is 15.9 Å². The van der Waals surface area contributed by atoms with Gasteiger partial charge in [-0.05, 0) is 25.5 Å². The van der Waals surface area contributed by atoms with E-state index in [9.17, 15) is 9.59 Å². The molecule has 2 N–H and O–H groups in total. The van der Waals surface area contributed by atoms with Crippen molar-refractivity contribution >= 4 is 33.4 Å². The number of benzene rings is 1. The van der Waals surface area contributed by atoms with E-state index < -0.39 is 5.97 Å². The first-order valence-corrected chi connectivity index (χ1v) is 7.13. The molecule has 110 valence electrons. The Morgan fingerprint density at radius 3 is 2.65 bits per heavy atom. The first kappa shape index (κ1) is 16.5. The topological polar surface area (TPSA) is 78.6 Å². The molecule has 1 aromatic carbocycles. The van der Waals surface area contributed by atoms with Crippen molar-refractivity contribution in [3.63, 3.8) is 0 Å². The Bertz CT molecular complexity index is 502. The number of Topliss-reactive ketones (excluding diaryl/α,β-unsaturated/α-hetero) is 1. The number of hydrogen-bond donors (Lipinski definition) is 1. The van der Waals surface area contributed by atoms with Gasteiger partial charge in [0, 0.05) is 4.47 Å². The highest BCUT2D eigenvalue weighted by Crippen LogP contribution is 2.31. The Kier molecular flexibility index (Phi) is 6.51. The maximum absolute atomic E-state index is 11.6. The number of carbonyl (C=O) groups is 2. The van der Waals surface area contributed by atoms with Gasteiger partial charge in [-0.15, -0.1) is 0 Å². The van der Waals surface area contributed by atoms with Crippen LogP contribution in [0.2, 0.25) is 0 Å². The van der Waals surface area contributed by atoms with Gasteiger partial charge in [-0.2, -0.15) is 0 Å². The van der Waals surface area contributed by atoms with E-state index in [4.69, 9.17) is 15.2 Å². The second-order valence-electron chi connectivity index (χ2n) is 4.29. The molecule has 0 atom stereocenters. The van der Waals surface area contributed by atoms with Crippen LogP contribution in [0.3, 0.4) is 0 Å². The number of rotatable bonds is 7. The molecule has 0 unspecified atom stereocenters. The first-order chi connectivity index (χ1) is 9.45. The van der Waals surface area contributed by atoms with Crippen LogP contribution in [0.4, 0.5) is 5.69 Å². The monoisotopic (exact) mass is 343 g/mol. The van der Waals surface area contributed by atoms with Crippen LogP contribution in [-0.2, 0) is 9.53 Å². The van der Waals surface area contributed by atoms with Crippen molar-refractivity contribution in [1.29, 1.82) is 0 Å². The maximum atomic E-state index is 11.6.